The highest BCUT2D eigenvalue weighted by Crippen LogP contribution is 2.37. The largest absolute Gasteiger partial charge is 0.305 e. The van der Waals surface area contributed by atoms with Crippen molar-refractivity contribution in [3.8, 4) is 0 Å². The maximum atomic E-state index is 4.90. The molecule has 2 rings (SSSR count). The van der Waals surface area contributed by atoms with Gasteiger partial charge in [0.2, 0.25) is 0 Å². The first-order valence-corrected chi connectivity index (χ1v) is 12.0. The Labute approximate surface area is 187 Å². The standard InChI is InChI=1S/C22H36N2.C6H12/c1-6-18(3)16-19(4)23-14-12-22(13-15-24(5)17-22)21-10-8-20(7-2)9-11-21;1-5-6(2,3)4/h8-11,18H,6-7,12-17H2,1-5H3;5H,1H2,2-4H3. The summed E-state index contributed by atoms with van der Waals surface area (Å²) in [6.07, 6.45) is 7.87. The molecule has 1 aliphatic rings. The monoisotopic (exact) mass is 412 g/mol. The minimum atomic E-state index is 0.293. The Hall–Kier alpha value is -1.41. The van der Waals surface area contributed by atoms with Gasteiger partial charge in [0.15, 0.2) is 0 Å². The maximum absolute atomic E-state index is 4.90. The molecular formula is C28H48N2. The van der Waals surface area contributed by atoms with Crippen molar-refractivity contribution in [1.29, 1.82) is 0 Å². The van der Waals surface area contributed by atoms with E-state index in [9.17, 15) is 0 Å². The Morgan fingerprint density at radius 1 is 1.23 bits per heavy atom. The lowest BCUT2D eigenvalue weighted by molar-refractivity contribution is 0.356. The van der Waals surface area contributed by atoms with Crippen LogP contribution in [0.5, 0.6) is 0 Å². The van der Waals surface area contributed by atoms with Gasteiger partial charge in [-0.3, -0.25) is 4.99 Å². The molecular weight excluding hydrogens is 364 g/mol. The van der Waals surface area contributed by atoms with Crippen LogP contribution in [0.3, 0.4) is 0 Å². The third-order valence-electron chi connectivity index (χ3n) is 6.44. The van der Waals surface area contributed by atoms with E-state index in [2.05, 4.69) is 91.3 Å². The summed E-state index contributed by atoms with van der Waals surface area (Å²) in [6.45, 7) is 22.4. The topological polar surface area (TPSA) is 15.6 Å². The molecule has 0 aromatic heterocycles. The summed E-state index contributed by atoms with van der Waals surface area (Å²) in [7, 11) is 2.25. The molecule has 0 spiro atoms. The van der Waals surface area contributed by atoms with Crippen molar-refractivity contribution in [2.24, 2.45) is 16.3 Å². The third kappa shape index (κ3) is 9.16. The zero-order chi connectivity index (χ0) is 22.8. The molecule has 0 bridgehead atoms. The highest BCUT2D eigenvalue weighted by molar-refractivity contribution is 5.82. The molecule has 0 saturated carbocycles. The highest BCUT2D eigenvalue weighted by atomic mass is 15.1. The van der Waals surface area contributed by atoms with E-state index in [1.807, 2.05) is 6.08 Å². The van der Waals surface area contributed by atoms with E-state index in [1.54, 1.807) is 0 Å². The van der Waals surface area contributed by atoms with Crippen LogP contribution in [-0.2, 0) is 11.8 Å². The number of benzene rings is 1. The summed E-state index contributed by atoms with van der Waals surface area (Å²) >= 11 is 0. The molecule has 0 N–H and O–H groups in total. The van der Waals surface area contributed by atoms with Crippen LogP contribution < -0.4 is 0 Å². The van der Waals surface area contributed by atoms with Crippen LogP contribution in [0.4, 0.5) is 0 Å². The van der Waals surface area contributed by atoms with Gasteiger partial charge < -0.3 is 4.90 Å². The Kier molecular flexibility index (Phi) is 11.0. The fraction of sp³-hybridized carbons (Fsp3) is 0.679. The minimum Gasteiger partial charge on any atom is -0.305 e. The van der Waals surface area contributed by atoms with E-state index in [-0.39, 0.29) is 0 Å². The molecule has 2 unspecified atom stereocenters. The fourth-order valence-electron chi connectivity index (χ4n) is 3.93. The SMILES string of the molecule is C=CC(C)(C)C.CCc1ccc(C2(CCN=C(C)CC(C)CC)CCN(C)C2)cc1. The van der Waals surface area contributed by atoms with Crippen molar-refractivity contribution < 1.29 is 0 Å². The third-order valence-corrected chi connectivity index (χ3v) is 6.44. The molecule has 2 nitrogen and oxygen atoms in total. The Balaban J connectivity index is 0.000000656. The van der Waals surface area contributed by atoms with Crippen LogP contribution in [0.15, 0.2) is 41.9 Å². The molecule has 1 saturated heterocycles. The van der Waals surface area contributed by atoms with Crippen molar-refractivity contribution in [3.63, 3.8) is 0 Å². The lowest BCUT2D eigenvalue weighted by Gasteiger charge is -2.29. The van der Waals surface area contributed by atoms with Gasteiger partial charge in [0.1, 0.15) is 0 Å². The van der Waals surface area contributed by atoms with Gasteiger partial charge in [-0.05, 0) is 68.7 Å². The van der Waals surface area contributed by atoms with Crippen LogP contribution in [0, 0.1) is 11.3 Å². The predicted octanol–water partition coefficient (Wildman–Crippen LogP) is 7.33. The second-order valence-corrected chi connectivity index (χ2v) is 10.5. The lowest BCUT2D eigenvalue weighted by Crippen LogP contribution is -2.30. The average molecular weight is 413 g/mol. The van der Waals surface area contributed by atoms with Crippen molar-refractivity contribution in [3.05, 3.63) is 48.0 Å². The van der Waals surface area contributed by atoms with Crippen molar-refractivity contribution in [1.82, 2.24) is 4.90 Å². The number of hydrogen-bond donors (Lipinski definition) is 0. The van der Waals surface area contributed by atoms with Crippen molar-refractivity contribution in [2.45, 2.75) is 86.0 Å². The smallest absolute Gasteiger partial charge is 0.0397 e. The van der Waals surface area contributed by atoms with E-state index in [4.69, 9.17) is 4.99 Å². The van der Waals surface area contributed by atoms with E-state index >= 15 is 0 Å². The Morgan fingerprint density at radius 2 is 1.83 bits per heavy atom. The van der Waals surface area contributed by atoms with Gasteiger partial charge in [0.05, 0.1) is 0 Å². The van der Waals surface area contributed by atoms with Crippen LogP contribution in [0.2, 0.25) is 0 Å². The molecule has 2 heteroatoms. The van der Waals surface area contributed by atoms with Gasteiger partial charge in [-0.15, -0.1) is 6.58 Å². The summed E-state index contributed by atoms with van der Waals surface area (Å²) in [5, 5.41) is 0. The number of rotatable bonds is 8. The van der Waals surface area contributed by atoms with Gasteiger partial charge in [0.25, 0.3) is 0 Å². The van der Waals surface area contributed by atoms with Gasteiger partial charge >= 0.3 is 0 Å². The summed E-state index contributed by atoms with van der Waals surface area (Å²) < 4.78 is 0. The zero-order valence-electron chi connectivity index (χ0n) is 21.2. The molecule has 0 amide bonds. The van der Waals surface area contributed by atoms with Crippen LogP contribution >= 0.6 is 0 Å². The van der Waals surface area contributed by atoms with E-state index < -0.39 is 0 Å². The van der Waals surface area contributed by atoms with Crippen LogP contribution in [0.25, 0.3) is 0 Å². The number of likely N-dealkylation sites (tertiary alicyclic amines) is 1. The maximum Gasteiger partial charge on any atom is 0.0397 e. The molecule has 1 fully saturated rings. The minimum absolute atomic E-state index is 0.293. The van der Waals surface area contributed by atoms with Crippen LogP contribution in [-0.4, -0.2) is 37.3 Å². The molecule has 1 aromatic carbocycles. The van der Waals surface area contributed by atoms with E-state index in [1.165, 1.54) is 49.2 Å². The highest BCUT2D eigenvalue weighted by Gasteiger charge is 2.37. The number of allylic oxidation sites excluding steroid dienone is 1. The number of hydrogen-bond acceptors (Lipinski definition) is 2. The average Bonchev–Trinajstić information content (AvgIpc) is 3.09. The first-order valence-electron chi connectivity index (χ1n) is 12.0. The number of aliphatic imine (C=N–C) groups is 1. The summed E-state index contributed by atoms with van der Waals surface area (Å²) in [5.41, 5.74) is 4.87. The molecule has 2 atom stereocenters. The quantitative estimate of drug-likeness (QED) is 0.322. The fourth-order valence-corrected chi connectivity index (χ4v) is 3.93. The second-order valence-electron chi connectivity index (χ2n) is 10.5. The van der Waals surface area contributed by atoms with Gasteiger partial charge in [0, 0.05) is 24.2 Å². The Bertz CT molecular complexity index is 650. The molecule has 170 valence electrons. The van der Waals surface area contributed by atoms with Gasteiger partial charge in [-0.1, -0.05) is 78.3 Å². The molecule has 1 aromatic rings. The molecule has 1 aliphatic heterocycles. The van der Waals surface area contributed by atoms with Crippen molar-refractivity contribution >= 4 is 5.71 Å². The molecule has 0 aliphatic carbocycles. The number of likely N-dealkylation sites (N-methyl/N-ethyl adjacent to an activating group) is 1. The first-order chi connectivity index (χ1) is 14.0. The van der Waals surface area contributed by atoms with E-state index in [0.29, 0.717) is 10.8 Å². The predicted molar refractivity (Wildman–Crippen MR) is 136 cm³/mol. The normalized spacial score (nSPS) is 21.1. The molecule has 0 radical (unpaired) electrons. The first kappa shape index (κ1) is 26.6. The van der Waals surface area contributed by atoms with Gasteiger partial charge in [-0.25, -0.2) is 0 Å². The van der Waals surface area contributed by atoms with Gasteiger partial charge in [-0.2, -0.15) is 0 Å². The number of aryl methyl sites for hydroxylation is 1. The van der Waals surface area contributed by atoms with E-state index in [0.717, 1.165) is 25.3 Å². The summed E-state index contributed by atoms with van der Waals surface area (Å²) in [5.74, 6) is 0.752. The summed E-state index contributed by atoms with van der Waals surface area (Å²) in [6, 6.07) is 9.36. The van der Waals surface area contributed by atoms with Crippen LogP contribution in [0.1, 0.15) is 85.3 Å². The number of nitrogens with zero attached hydrogens (tertiary/aromatic N) is 2. The zero-order valence-corrected chi connectivity index (χ0v) is 21.2. The Morgan fingerprint density at radius 3 is 2.27 bits per heavy atom. The lowest BCUT2D eigenvalue weighted by atomic mass is 9.76. The molecule has 1 heterocycles. The molecule has 30 heavy (non-hydrogen) atoms. The summed E-state index contributed by atoms with van der Waals surface area (Å²) in [4.78, 5) is 7.38. The van der Waals surface area contributed by atoms with Crippen molar-refractivity contribution in [2.75, 3.05) is 26.7 Å². The second kappa shape index (κ2) is 12.4.